The molecular formula is C19H25IN4O2. The van der Waals surface area contributed by atoms with E-state index >= 15 is 0 Å². The molecule has 0 amide bonds. The monoisotopic (exact) mass is 468 g/mol. The number of hydrogen-bond donors (Lipinski definition) is 2. The molecule has 0 atom stereocenters. The number of pyridine rings is 1. The van der Waals surface area contributed by atoms with Crippen LogP contribution in [0.1, 0.15) is 29.8 Å². The number of guanidine groups is 1. The van der Waals surface area contributed by atoms with Crippen molar-refractivity contribution in [2.75, 3.05) is 19.5 Å². The number of benzene rings is 1. The van der Waals surface area contributed by atoms with Crippen molar-refractivity contribution in [2.24, 2.45) is 10.7 Å². The second-order valence-electron chi connectivity index (χ2n) is 6.01. The van der Waals surface area contributed by atoms with Crippen molar-refractivity contribution in [2.45, 2.75) is 32.2 Å². The summed E-state index contributed by atoms with van der Waals surface area (Å²) in [5, 5.41) is 3.06. The summed E-state index contributed by atoms with van der Waals surface area (Å²) in [5.41, 5.74) is 10.3. The fraction of sp³-hybridized carbons (Fsp3) is 0.368. The summed E-state index contributed by atoms with van der Waals surface area (Å²) in [6.07, 6.45) is 4.67. The van der Waals surface area contributed by atoms with Crippen molar-refractivity contribution in [3.8, 4) is 11.5 Å². The fourth-order valence-electron chi connectivity index (χ4n) is 2.98. The summed E-state index contributed by atoms with van der Waals surface area (Å²) in [6, 6.07) is 9.71. The molecule has 6 nitrogen and oxygen atoms in total. The van der Waals surface area contributed by atoms with Gasteiger partial charge < -0.3 is 20.5 Å². The van der Waals surface area contributed by atoms with Crippen LogP contribution in [0.2, 0.25) is 0 Å². The van der Waals surface area contributed by atoms with Gasteiger partial charge in [-0.2, -0.15) is 0 Å². The Kier molecular flexibility index (Phi) is 7.50. The van der Waals surface area contributed by atoms with Crippen LogP contribution in [0.4, 0.5) is 5.69 Å². The summed E-state index contributed by atoms with van der Waals surface area (Å²) in [4.78, 5) is 9.10. The zero-order valence-electron chi connectivity index (χ0n) is 15.1. The van der Waals surface area contributed by atoms with Crippen molar-refractivity contribution in [3.05, 3.63) is 47.3 Å². The first-order valence-electron chi connectivity index (χ1n) is 8.46. The quantitative estimate of drug-likeness (QED) is 0.399. The lowest BCUT2D eigenvalue weighted by molar-refractivity contribution is 0.355. The molecule has 0 fully saturated rings. The van der Waals surface area contributed by atoms with Gasteiger partial charge in [-0.3, -0.25) is 4.98 Å². The second-order valence-corrected chi connectivity index (χ2v) is 6.01. The van der Waals surface area contributed by atoms with Crippen LogP contribution in [0.5, 0.6) is 11.5 Å². The average Bonchev–Trinajstić information content (AvgIpc) is 2.66. The van der Waals surface area contributed by atoms with Gasteiger partial charge in [-0.25, -0.2) is 4.99 Å². The third kappa shape index (κ3) is 5.00. The minimum Gasteiger partial charge on any atom is -0.493 e. The first-order valence-corrected chi connectivity index (χ1v) is 8.46. The minimum absolute atomic E-state index is 0. The summed E-state index contributed by atoms with van der Waals surface area (Å²) in [5.74, 6) is 1.64. The van der Waals surface area contributed by atoms with E-state index < -0.39 is 0 Å². The van der Waals surface area contributed by atoms with Crippen LogP contribution in [-0.2, 0) is 19.4 Å². The Morgan fingerprint density at radius 1 is 1.12 bits per heavy atom. The van der Waals surface area contributed by atoms with Crippen LogP contribution in [0.25, 0.3) is 0 Å². The fourth-order valence-corrected chi connectivity index (χ4v) is 2.98. The van der Waals surface area contributed by atoms with Crippen LogP contribution < -0.4 is 20.5 Å². The molecule has 0 unspecified atom stereocenters. The van der Waals surface area contributed by atoms with Crippen molar-refractivity contribution < 1.29 is 9.47 Å². The van der Waals surface area contributed by atoms with Gasteiger partial charge in [-0.1, -0.05) is 6.07 Å². The number of rotatable bonds is 5. The van der Waals surface area contributed by atoms with Gasteiger partial charge >= 0.3 is 0 Å². The van der Waals surface area contributed by atoms with Crippen LogP contribution in [0, 0.1) is 0 Å². The highest BCUT2D eigenvalue weighted by atomic mass is 127. The minimum atomic E-state index is 0. The lowest BCUT2D eigenvalue weighted by Gasteiger charge is -2.15. The lowest BCUT2D eigenvalue weighted by atomic mass is 9.96. The summed E-state index contributed by atoms with van der Waals surface area (Å²) >= 11 is 0. The number of anilines is 1. The van der Waals surface area contributed by atoms with Crippen molar-refractivity contribution in [1.82, 2.24) is 4.98 Å². The molecule has 0 saturated carbocycles. The Morgan fingerprint density at radius 3 is 2.65 bits per heavy atom. The number of fused-ring (bicyclic) bond motifs is 1. The molecule has 0 radical (unpaired) electrons. The van der Waals surface area contributed by atoms with Crippen LogP contribution in [0.15, 0.2) is 35.3 Å². The van der Waals surface area contributed by atoms with Gasteiger partial charge in [-0.15, -0.1) is 24.0 Å². The molecule has 1 heterocycles. The highest BCUT2D eigenvalue weighted by Crippen LogP contribution is 2.29. The highest BCUT2D eigenvalue weighted by molar-refractivity contribution is 14.0. The number of aliphatic imine (C=N–C) groups is 1. The first-order chi connectivity index (χ1) is 12.2. The number of halogens is 1. The predicted octanol–water partition coefficient (Wildman–Crippen LogP) is 3.52. The molecule has 1 aliphatic rings. The molecule has 0 spiro atoms. The molecule has 3 rings (SSSR count). The number of hydrogen-bond acceptors (Lipinski definition) is 4. The number of nitrogens with two attached hydrogens (primary N) is 1. The van der Waals surface area contributed by atoms with E-state index in [4.69, 9.17) is 20.2 Å². The zero-order valence-corrected chi connectivity index (χ0v) is 17.4. The summed E-state index contributed by atoms with van der Waals surface area (Å²) in [6.45, 7) is 0.458. The maximum atomic E-state index is 5.99. The third-order valence-electron chi connectivity index (χ3n) is 4.30. The lowest BCUT2D eigenvalue weighted by Crippen LogP contribution is -2.22. The van der Waals surface area contributed by atoms with Crippen LogP contribution >= 0.6 is 24.0 Å². The number of aromatic nitrogens is 1. The van der Waals surface area contributed by atoms with Crippen molar-refractivity contribution in [1.29, 1.82) is 0 Å². The molecule has 1 aromatic heterocycles. The number of ether oxygens (including phenoxy) is 2. The number of nitrogens with zero attached hydrogens (tertiary/aromatic N) is 2. The Bertz CT molecular complexity index is 780. The molecule has 0 aliphatic heterocycles. The molecule has 3 N–H and O–H groups in total. The molecule has 0 bridgehead atoms. The van der Waals surface area contributed by atoms with E-state index in [2.05, 4.69) is 16.4 Å². The van der Waals surface area contributed by atoms with Crippen molar-refractivity contribution >= 4 is 35.6 Å². The number of methoxy groups -OCH3 is 2. The van der Waals surface area contributed by atoms with E-state index in [0.29, 0.717) is 24.0 Å². The molecule has 0 saturated heterocycles. The maximum Gasteiger partial charge on any atom is 0.193 e. The van der Waals surface area contributed by atoms with Crippen LogP contribution in [-0.4, -0.2) is 25.2 Å². The average molecular weight is 468 g/mol. The number of aryl methyl sites for hydroxylation is 2. The maximum absolute atomic E-state index is 5.99. The van der Waals surface area contributed by atoms with Gasteiger partial charge in [0.2, 0.25) is 0 Å². The van der Waals surface area contributed by atoms with Gasteiger partial charge in [0, 0.05) is 17.4 Å². The van der Waals surface area contributed by atoms with Crippen molar-refractivity contribution in [3.63, 3.8) is 0 Å². The van der Waals surface area contributed by atoms with Crippen LogP contribution in [0.3, 0.4) is 0 Å². The standard InChI is InChI=1S/C19H24N4O2.HI/c1-24-17-10-9-14(11-18(17)25-2)23-19(20)21-12-15-8-7-13-5-3-4-6-16(13)22-15;/h7-11H,3-6,12H2,1-2H3,(H3,20,21,23);1H. The van der Waals surface area contributed by atoms with E-state index in [0.717, 1.165) is 24.2 Å². The van der Waals surface area contributed by atoms with E-state index in [1.165, 1.54) is 24.1 Å². The van der Waals surface area contributed by atoms with Gasteiger partial charge in [0.1, 0.15) is 0 Å². The van der Waals surface area contributed by atoms with Gasteiger partial charge in [0.05, 0.1) is 26.5 Å². The van der Waals surface area contributed by atoms with E-state index in [1.807, 2.05) is 24.3 Å². The Balaban J connectivity index is 0.00000243. The first kappa shape index (κ1) is 20.3. The zero-order chi connectivity index (χ0) is 17.6. The summed E-state index contributed by atoms with van der Waals surface area (Å²) in [7, 11) is 3.20. The Hall–Kier alpha value is -2.03. The molecular weight excluding hydrogens is 443 g/mol. The molecule has 1 aliphatic carbocycles. The van der Waals surface area contributed by atoms with Gasteiger partial charge in [-0.05, 0) is 49.4 Å². The molecule has 140 valence electrons. The summed E-state index contributed by atoms with van der Waals surface area (Å²) < 4.78 is 10.5. The molecule has 2 aromatic rings. The third-order valence-corrected chi connectivity index (χ3v) is 4.30. The van der Waals surface area contributed by atoms with E-state index in [1.54, 1.807) is 14.2 Å². The predicted molar refractivity (Wildman–Crippen MR) is 115 cm³/mol. The molecule has 1 aromatic carbocycles. The molecule has 26 heavy (non-hydrogen) atoms. The van der Waals surface area contributed by atoms with E-state index in [-0.39, 0.29) is 24.0 Å². The smallest absolute Gasteiger partial charge is 0.193 e. The largest absolute Gasteiger partial charge is 0.493 e. The van der Waals surface area contributed by atoms with E-state index in [9.17, 15) is 0 Å². The van der Waals surface area contributed by atoms with Gasteiger partial charge in [0.15, 0.2) is 17.5 Å². The topological polar surface area (TPSA) is 81.8 Å². The Morgan fingerprint density at radius 2 is 1.88 bits per heavy atom. The molecule has 7 heteroatoms. The highest BCUT2D eigenvalue weighted by Gasteiger charge is 2.11. The normalized spacial score (nSPS) is 13.4. The Labute approximate surface area is 171 Å². The van der Waals surface area contributed by atoms with Gasteiger partial charge in [0.25, 0.3) is 0 Å². The number of nitrogens with one attached hydrogen (secondary N) is 1. The SMILES string of the molecule is COc1ccc(NC(N)=NCc2ccc3c(n2)CCCC3)cc1OC.I. The second kappa shape index (κ2) is 9.61.